The van der Waals surface area contributed by atoms with Crippen LogP contribution in [0.5, 0.6) is 0 Å². The number of ether oxygens (including phenoxy) is 1. The minimum absolute atomic E-state index is 0.0723. The molecule has 1 atom stereocenters. The van der Waals surface area contributed by atoms with Crippen molar-refractivity contribution in [3.05, 3.63) is 71.0 Å². The maximum Gasteiger partial charge on any atom is 0.416 e. The van der Waals surface area contributed by atoms with Gasteiger partial charge in [-0.25, -0.2) is 4.98 Å². The molecule has 1 unspecified atom stereocenters. The number of Topliss-reactive ketones (excluding diaryl/α,β-unsaturated/α-hetero) is 1. The molecule has 2 heterocycles. The number of benzene rings is 1. The molecular weight excluding hydrogens is 357 g/mol. The lowest BCUT2D eigenvalue weighted by Crippen LogP contribution is -2.10. The molecule has 1 aliphatic carbocycles. The number of carbonyl (C=O) groups excluding carboxylic acids is 1. The van der Waals surface area contributed by atoms with Crippen molar-refractivity contribution >= 4 is 11.4 Å². The van der Waals surface area contributed by atoms with Crippen LogP contribution >= 0.6 is 0 Å². The highest BCUT2D eigenvalue weighted by Crippen LogP contribution is 2.38. The summed E-state index contributed by atoms with van der Waals surface area (Å²) in [5, 5.41) is 0. The first-order valence-corrected chi connectivity index (χ1v) is 8.64. The summed E-state index contributed by atoms with van der Waals surface area (Å²) in [5.41, 5.74) is 1.42. The van der Waals surface area contributed by atoms with Gasteiger partial charge in [0.25, 0.3) is 0 Å². The zero-order valence-electron chi connectivity index (χ0n) is 14.6. The Bertz CT molecular complexity index is 953. The van der Waals surface area contributed by atoms with Crippen LogP contribution < -0.4 is 0 Å². The fourth-order valence-electron chi connectivity index (χ4n) is 3.51. The second-order valence-corrected chi connectivity index (χ2v) is 6.63. The highest BCUT2D eigenvalue weighted by molar-refractivity contribution is 5.93. The second-order valence-electron chi connectivity index (χ2n) is 6.63. The minimum atomic E-state index is -4.35. The highest BCUT2D eigenvalue weighted by Gasteiger charge is 2.31. The number of halogens is 3. The average Bonchev–Trinajstić information content (AvgIpc) is 2.97. The summed E-state index contributed by atoms with van der Waals surface area (Å²) < 4.78 is 46.0. The normalized spacial score (nSPS) is 19.2. The van der Waals surface area contributed by atoms with E-state index in [-0.39, 0.29) is 11.7 Å². The fourth-order valence-corrected chi connectivity index (χ4v) is 3.51. The third kappa shape index (κ3) is 3.18. The van der Waals surface area contributed by atoms with Crippen LogP contribution in [0.1, 0.15) is 46.7 Å². The topological polar surface area (TPSA) is 44.1 Å². The molecule has 7 heteroatoms. The molecule has 0 bridgehead atoms. The van der Waals surface area contributed by atoms with E-state index in [1.54, 1.807) is 6.20 Å². The molecule has 1 aromatic carbocycles. The first-order chi connectivity index (χ1) is 12.8. The van der Waals surface area contributed by atoms with Gasteiger partial charge in [-0.05, 0) is 30.2 Å². The van der Waals surface area contributed by atoms with Gasteiger partial charge in [-0.1, -0.05) is 18.2 Å². The molecular formula is C20H17F3N2O2. The monoisotopic (exact) mass is 374 g/mol. The molecule has 2 aromatic rings. The Morgan fingerprint density at radius 1 is 1.26 bits per heavy atom. The maximum absolute atomic E-state index is 12.8. The lowest BCUT2D eigenvalue weighted by molar-refractivity contribution is -0.137. The zero-order chi connectivity index (χ0) is 19.2. The summed E-state index contributed by atoms with van der Waals surface area (Å²) in [7, 11) is 0. The number of hydrogen-bond acceptors (Lipinski definition) is 3. The number of rotatable bonds is 2. The van der Waals surface area contributed by atoms with Gasteiger partial charge in [0.05, 0.1) is 23.9 Å². The third-order valence-electron chi connectivity index (χ3n) is 4.89. The van der Waals surface area contributed by atoms with Crippen molar-refractivity contribution in [3.8, 4) is 0 Å². The van der Waals surface area contributed by atoms with Gasteiger partial charge in [-0.2, -0.15) is 13.2 Å². The van der Waals surface area contributed by atoms with Gasteiger partial charge in [-0.3, -0.25) is 4.79 Å². The molecule has 2 aliphatic rings. The number of ketones is 1. The smallest absolute Gasteiger partial charge is 0.416 e. The lowest BCUT2D eigenvalue weighted by atomic mass is 9.88. The SMILES string of the molecule is CC(=O)c1cnc2n1CCOC1=CCC(c3ccc(C(F)(F)F)cc3)C=C12. The van der Waals surface area contributed by atoms with Gasteiger partial charge < -0.3 is 9.30 Å². The van der Waals surface area contributed by atoms with Crippen molar-refractivity contribution in [3.63, 3.8) is 0 Å². The number of imidazole rings is 1. The first kappa shape index (κ1) is 17.6. The maximum atomic E-state index is 12.8. The summed E-state index contributed by atoms with van der Waals surface area (Å²) in [4.78, 5) is 16.2. The third-order valence-corrected chi connectivity index (χ3v) is 4.89. The van der Waals surface area contributed by atoms with Crippen LogP contribution in [0.15, 0.2) is 48.4 Å². The second kappa shape index (κ2) is 6.40. The molecule has 0 amide bonds. The van der Waals surface area contributed by atoms with Crippen molar-refractivity contribution < 1.29 is 22.7 Å². The molecule has 0 fully saturated rings. The molecule has 0 N–H and O–H groups in total. The molecule has 1 aliphatic heterocycles. The lowest BCUT2D eigenvalue weighted by Gasteiger charge is -2.21. The Morgan fingerprint density at radius 3 is 2.67 bits per heavy atom. The van der Waals surface area contributed by atoms with E-state index in [9.17, 15) is 18.0 Å². The van der Waals surface area contributed by atoms with Gasteiger partial charge >= 0.3 is 6.18 Å². The Kier molecular flexibility index (Phi) is 4.17. The Morgan fingerprint density at radius 2 is 2.00 bits per heavy atom. The van der Waals surface area contributed by atoms with E-state index in [2.05, 4.69) is 4.98 Å². The molecule has 140 valence electrons. The largest absolute Gasteiger partial charge is 0.491 e. The molecule has 4 nitrogen and oxygen atoms in total. The van der Waals surface area contributed by atoms with Crippen LogP contribution in [0.2, 0.25) is 0 Å². The van der Waals surface area contributed by atoms with Crippen LogP contribution in [-0.4, -0.2) is 21.9 Å². The Labute approximate surface area is 154 Å². The van der Waals surface area contributed by atoms with Crippen molar-refractivity contribution in [1.29, 1.82) is 0 Å². The number of aromatic nitrogens is 2. The molecule has 0 radical (unpaired) electrons. The quantitative estimate of drug-likeness (QED) is 0.722. The highest BCUT2D eigenvalue weighted by atomic mass is 19.4. The summed E-state index contributed by atoms with van der Waals surface area (Å²) in [5.74, 6) is 1.20. The first-order valence-electron chi connectivity index (χ1n) is 8.64. The molecule has 0 saturated heterocycles. The van der Waals surface area contributed by atoms with E-state index >= 15 is 0 Å². The summed E-state index contributed by atoms with van der Waals surface area (Å²) in [6.07, 6.45) is 1.74. The molecule has 0 spiro atoms. The van der Waals surface area contributed by atoms with Gasteiger partial charge in [0, 0.05) is 12.8 Å². The number of nitrogens with zero attached hydrogens (tertiary/aromatic N) is 2. The van der Waals surface area contributed by atoms with Gasteiger partial charge in [0.2, 0.25) is 0 Å². The number of carbonyl (C=O) groups is 1. The van der Waals surface area contributed by atoms with Gasteiger partial charge in [0.1, 0.15) is 23.9 Å². The van der Waals surface area contributed by atoms with E-state index < -0.39 is 11.7 Å². The molecule has 1 aromatic heterocycles. The number of allylic oxidation sites excluding steroid dienone is 3. The van der Waals surface area contributed by atoms with Gasteiger partial charge in [0.15, 0.2) is 5.78 Å². The predicted octanol–water partition coefficient (Wildman–Crippen LogP) is 4.59. The summed E-state index contributed by atoms with van der Waals surface area (Å²) in [6.45, 7) is 2.44. The average molecular weight is 374 g/mol. The van der Waals surface area contributed by atoms with Crippen molar-refractivity contribution in [2.24, 2.45) is 0 Å². The van der Waals surface area contributed by atoms with Crippen molar-refractivity contribution in [2.75, 3.05) is 6.61 Å². The van der Waals surface area contributed by atoms with Crippen LogP contribution in [0.25, 0.3) is 5.57 Å². The number of hydrogen-bond donors (Lipinski definition) is 0. The van der Waals surface area contributed by atoms with E-state index in [0.717, 1.165) is 23.3 Å². The molecule has 27 heavy (non-hydrogen) atoms. The summed E-state index contributed by atoms with van der Waals surface area (Å²) in [6, 6.07) is 5.22. The number of alkyl halides is 3. The van der Waals surface area contributed by atoms with Crippen molar-refractivity contribution in [1.82, 2.24) is 9.55 Å². The number of fused-ring (bicyclic) bond motifs is 3. The fraction of sp³-hybridized carbons (Fsp3) is 0.300. The summed E-state index contributed by atoms with van der Waals surface area (Å²) >= 11 is 0. The van der Waals surface area contributed by atoms with E-state index in [1.165, 1.54) is 19.1 Å². The van der Waals surface area contributed by atoms with Gasteiger partial charge in [-0.15, -0.1) is 0 Å². The zero-order valence-corrected chi connectivity index (χ0v) is 14.6. The molecule has 0 saturated carbocycles. The van der Waals surface area contributed by atoms with E-state index in [4.69, 9.17) is 4.74 Å². The predicted molar refractivity (Wildman–Crippen MR) is 93.0 cm³/mol. The standard InChI is InChI=1S/C20H17F3N2O2/c1-12(26)17-11-24-19-16-10-14(4-7-18(16)27-9-8-25(17)19)13-2-5-15(6-3-13)20(21,22)23/h2-3,5-7,10-11,14H,4,8-9H2,1H3. The molecule has 4 rings (SSSR count). The minimum Gasteiger partial charge on any atom is -0.491 e. The van der Waals surface area contributed by atoms with E-state index in [0.29, 0.717) is 36.8 Å². The van der Waals surface area contributed by atoms with Crippen molar-refractivity contribution in [2.45, 2.75) is 32.0 Å². The van der Waals surface area contributed by atoms with Crippen LogP contribution in [0, 0.1) is 0 Å². The van der Waals surface area contributed by atoms with Crippen LogP contribution in [0.3, 0.4) is 0 Å². The Balaban J connectivity index is 1.71. The van der Waals surface area contributed by atoms with Crippen LogP contribution in [0.4, 0.5) is 13.2 Å². The van der Waals surface area contributed by atoms with Crippen LogP contribution in [-0.2, 0) is 17.5 Å². The Hall–Kier alpha value is -2.83. The van der Waals surface area contributed by atoms with E-state index in [1.807, 2.05) is 16.7 Å².